The Hall–Kier alpha value is -1.72. The van der Waals surface area contributed by atoms with Gasteiger partial charge in [0.05, 0.1) is 12.1 Å². The lowest BCUT2D eigenvalue weighted by Gasteiger charge is -2.37. The SMILES string of the molecule is CCC(C(C)N(C(C)=O)C(C)=O)N(C(C)=O)C(C)=O. The van der Waals surface area contributed by atoms with Gasteiger partial charge in [-0.25, -0.2) is 0 Å². The van der Waals surface area contributed by atoms with Crippen LogP contribution >= 0.6 is 0 Å². The molecule has 0 aliphatic rings. The fraction of sp³-hybridized carbons (Fsp3) is 0.692. The summed E-state index contributed by atoms with van der Waals surface area (Å²) in [5.41, 5.74) is 0. The quantitative estimate of drug-likeness (QED) is 0.762. The summed E-state index contributed by atoms with van der Waals surface area (Å²) in [5, 5.41) is 0. The monoisotopic (exact) mass is 270 g/mol. The number of amides is 4. The normalized spacial score (nSPS) is 13.4. The van der Waals surface area contributed by atoms with E-state index < -0.39 is 35.7 Å². The molecule has 0 aromatic carbocycles. The third kappa shape index (κ3) is 4.15. The van der Waals surface area contributed by atoms with Crippen molar-refractivity contribution >= 4 is 23.6 Å². The zero-order valence-corrected chi connectivity index (χ0v) is 12.4. The van der Waals surface area contributed by atoms with Crippen molar-refractivity contribution < 1.29 is 19.2 Å². The van der Waals surface area contributed by atoms with Crippen LogP contribution in [0.25, 0.3) is 0 Å². The third-order valence-corrected chi connectivity index (χ3v) is 3.07. The molecular weight excluding hydrogens is 248 g/mol. The maximum absolute atomic E-state index is 11.6. The first kappa shape index (κ1) is 17.3. The van der Waals surface area contributed by atoms with Crippen molar-refractivity contribution in [3.63, 3.8) is 0 Å². The molecule has 2 unspecified atom stereocenters. The average Bonchev–Trinajstić information content (AvgIpc) is 2.22. The minimum atomic E-state index is -0.548. The van der Waals surface area contributed by atoms with E-state index in [1.54, 1.807) is 13.8 Å². The van der Waals surface area contributed by atoms with Crippen LogP contribution in [0.2, 0.25) is 0 Å². The van der Waals surface area contributed by atoms with Gasteiger partial charge in [0.2, 0.25) is 23.6 Å². The van der Waals surface area contributed by atoms with E-state index >= 15 is 0 Å². The van der Waals surface area contributed by atoms with E-state index in [4.69, 9.17) is 0 Å². The molecule has 108 valence electrons. The lowest BCUT2D eigenvalue weighted by molar-refractivity contribution is -0.154. The first-order valence-electron chi connectivity index (χ1n) is 6.25. The maximum Gasteiger partial charge on any atom is 0.226 e. The first-order valence-corrected chi connectivity index (χ1v) is 6.25. The fourth-order valence-corrected chi connectivity index (χ4v) is 2.40. The molecular formula is C13H22N2O4. The van der Waals surface area contributed by atoms with Gasteiger partial charge in [-0.3, -0.25) is 29.0 Å². The van der Waals surface area contributed by atoms with Gasteiger partial charge in [-0.2, -0.15) is 0 Å². The molecule has 2 atom stereocenters. The molecule has 0 heterocycles. The molecule has 0 fully saturated rings. The number of carbonyl (C=O) groups is 4. The van der Waals surface area contributed by atoms with Crippen LogP contribution in [-0.4, -0.2) is 45.5 Å². The zero-order chi connectivity index (χ0) is 15.3. The highest BCUT2D eigenvalue weighted by atomic mass is 16.2. The molecule has 6 nitrogen and oxygen atoms in total. The van der Waals surface area contributed by atoms with Gasteiger partial charge in [-0.15, -0.1) is 0 Å². The molecule has 6 heteroatoms. The first-order chi connectivity index (χ1) is 8.64. The van der Waals surface area contributed by atoms with Crippen molar-refractivity contribution in [1.29, 1.82) is 0 Å². The Morgan fingerprint density at radius 3 is 1.32 bits per heavy atom. The van der Waals surface area contributed by atoms with E-state index in [0.29, 0.717) is 6.42 Å². The van der Waals surface area contributed by atoms with E-state index in [2.05, 4.69) is 0 Å². The second-order valence-electron chi connectivity index (χ2n) is 4.53. The predicted molar refractivity (Wildman–Crippen MR) is 69.9 cm³/mol. The van der Waals surface area contributed by atoms with Crippen molar-refractivity contribution in [2.24, 2.45) is 0 Å². The van der Waals surface area contributed by atoms with Crippen LogP contribution in [0.15, 0.2) is 0 Å². The Kier molecular flexibility index (Phi) is 6.38. The smallest absolute Gasteiger partial charge is 0.226 e. The standard InChI is InChI=1S/C13H22N2O4/c1-7-13(15(11(5)18)12(6)19)8(2)14(9(3)16)10(4)17/h8,13H,7H2,1-6H3. The molecule has 0 rings (SSSR count). The van der Waals surface area contributed by atoms with Crippen LogP contribution in [-0.2, 0) is 19.2 Å². The second-order valence-corrected chi connectivity index (χ2v) is 4.53. The van der Waals surface area contributed by atoms with Crippen LogP contribution in [0.5, 0.6) is 0 Å². The second kappa shape index (κ2) is 7.01. The maximum atomic E-state index is 11.6. The summed E-state index contributed by atoms with van der Waals surface area (Å²) in [7, 11) is 0. The van der Waals surface area contributed by atoms with Gasteiger partial charge in [-0.05, 0) is 13.3 Å². The molecule has 0 aliphatic heterocycles. The molecule has 0 aromatic heterocycles. The summed E-state index contributed by atoms with van der Waals surface area (Å²) in [6.45, 7) is 8.63. The van der Waals surface area contributed by atoms with E-state index in [0.717, 1.165) is 9.80 Å². The van der Waals surface area contributed by atoms with Gasteiger partial charge >= 0.3 is 0 Å². The van der Waals surface area contributed by atoms with E-state index in [1.807, 2.05) is 0 Å². The van der Waals surface area contributed by atoms with Gasteiger partial charge in [0.1, 0.15) is 0 Å². The van der Waals surface area contributed by atoms with Gasteiger partial charge in [-0.1, -0.05) is 6.92 Å². The molecule has 0 N–H and O–H groups in total. The lowest BCUT2D eigenvalue weighted by atomic mass is 10.0. The van der Waals surface area contributed by atoms with Gasteiger partial charge in [0.15, 0.2) is 0 Å². The molecule has 0 spiro atoms. The number of imide groups is 2. The summed E-state index contributed by atoms with van der Waals surface area (Å²) < 4.78 is 0. The van der Waals surface area contributed by atoms with Crippen LogP contribution < -0.4 is 0 Å². The Balaban J connectivity index is 5.44. The number of nitrogens with zero attached hydrogens (tertiary/aromatic N) is 2. The third-order valence-electron chi connectivity index (χ3n) is 3.07. The molecule has 4 amide bonds. The molecule has 0 aliphatic carbocycles. The fourth-order valence-electron chi connectivity index (χ4n) is 2.40. The van der Waals surface area contributed by atoms with Crippen molar-refractivity contribution in [2.75, 3.05) is 0 Å². The van der Waals surface area contributed by atoms with Crippen LogP contribution in [0.3, 0.4) is 0 Å². The van der Waals surface area contributed by atoms with E-state index in [9.17, 15) is 19.2 Å². The van der Waals surface area contributed by atoms with Crippen LogP contribution in [0.4, 0.5) is 0 Å². The predicted octanol–water partition coefficient (Wildman–Crippen LogP) is 0.944. The van der Waals surface area contributed by atoms with Crippen LogP contribution in [0.1, 0.15) is 48.0 Å². The van der Waals surface area contributed by atoms with E-state index in [-0.39, 0.29) is 0 Å². The summed E-state index contributed by atoms with van der Waals surface area (Å²) in [6, 6.07) is -1.06. The average molecular weight is 270 g/mol. The Morgan fingerprint density at radius 2 is 1.11 bits per heavy atom. The topological polar surface area (TPSA) is 74.8 Å². The van der Waals surface area contributed by atoms with Crippen molar-refractivity contribution in [3.05, 3.63) is 0 Å². The number of hydrogen-bond donors (Lipinski definition) is 0. The van der Waals surface area contributed by atoms with Gasteiger partial charge in [0.25, 0.3) is 0 Å². The highest BCUT2D eigenvalue weighted by Gasteiger charge is 2.34. The summed E-state index contributed by atoms with van der Waals surface area (Å²) in [4.78, 5) is 48.4. The Bertz CT molecular complexity index is 364. The number of hydrogen-bond acceptors (Lipinski definition) is 4. The highest BCUT2D eigenvalue weighted by Crippen LogP contribution is 2.16. The Morgan fingerprint density at radius 1 is 0.789 bits per heavy atom. The minimum absolute atomic E-state index is 0.391. The van der Waals surface area contributed by atoms with Crippen molar-refractivity contribution in [1.82, 2.24) is 9.80 Å². The molecule has 0 aromatic rings. The van der Waals surface area contributed by atoms with Crippen molar-refractivity contribution in [2.45, 2.75) is 60.0 Å². The summed E-state index contributed by atoms with van der Waals surface area (Å²) in [6.07, 6.45) is 0.470. The van der Waals surface area contributed by atoms with E-state index in [1.165, 1.54) is 27.7 Å². The summed E-state index contributed by atoms with van der Waals surface area (Å²) in [5.74, 6) is -1.58. The summed E-state index contributed by atoms with van der Waals surface area (Å²) >= 11 is 0. The molecule has 0 saturated heterocycles. The highest BCUT2D eigenvalue weighted by molar-refractivity contribution is 5.95. The molecule has 0 saturated carbocycles. The zero-order valence-electron chi connectivity index (χ0n) is 12.4. The number of rotatable bonds is 4. The van der Waals surface area contributed by atoms with Crippen LogP contribution in [0, 0.1) is 0 Å². The minimum Gasteiger partial charge on any atom is -0.278 e. The lowest BCUT2D eigenvalue weighted by Crippen LogP contribution is -2.55. The molecule has 19 heavy (non-hydrogen) atoms. The van der Waals surface area contributed by atoms with Crippen molar-refractivity contribution in [3.8, 4) is 0 Å². The van der Waals surface area contributed by atoms with Gasteiger partial charge in [0, 0.05) is 27.7 Å². The Labute approximate surface area is 113 Å². The molecule has 0 radical (unpaired) electrons. The number of carbonyl (C=O) groups excluding carboxylic acids is 4. The largest absolute Gasteiger partial charge is 0.278 e. The molecule has 0 bridgehead atoms. The van der Waals surface area contributed by atoms with Gasteiger partial charge < -0.3 is 0 Å².